The molecule has 2 amide bonds. The van der Waals surface area contributed by atoms with Gasteiger partial charge in [0.2, 0.25) is 0 Å². The van der Waals surface area contributed by atoms with Crippen molar-refractivity contribution in [2.24, 2.45) is 0 Å². The molecule has 21 heavy (non-hydrogen) atoms. The van der Waals surface area contributed by atoms with E-state index in [-0.39, 0.29) is 6.61 Å². The highest BCUT2D eigenvalue weighted by Crippen LogP contribution is 2.23. The zero-order valence-electron chi connectivity index (χ0n) is 11.8. The molecule has 1 aromatic rings. The fraction of sp³-hybridized carbons (Fsp3) is 0.357. The van der Waals surface area contributed by atoms with E-state index in [2.05, 4.69) is 4.74 Å². The van der Waals surface area contributed by atoms with Crippen molar-refractivity contribution < 1.29 is 23.9 Å². The number of carbonyl (C=O) groups is 3. The van der Waals surface area contributed by atoms with E-state index >= 15 is 0 Å². The van der Waals surface area contributed by atoms with Crippen LogP contribution >= 0.6 is 11.8 Å². The molecule has 1 N–H and O–H groups in total. The molecule has 0 saturated heterocycles. The van der Waals surface area contributed by atoms with Crippen LogP contribution in [-0.2, 0) is 19.1 Å². The maximum atomic E-state index is 11.7. The van der Waals surface area contributed by atoms with Crippen LogP contribution < -0.4 is 5.32 Å². The molecule has 0 aliphatic rings. The Morgan fingerprint density at radius 2 is 1.86 bits per heavy atom. The Kier molecular flexibility index (Phi) is 7.31. The number of nitrogens with one attached hydrogen (secondary N) is 1. The number of hydrogen-bond donors (Lipinski definition) is 1. The molecule has 0 spiro atoms. The van der Waals surface area contributed by atoms with Crippen molar-refractivity contribution in [2.45, 2.75) is 24.0 Å². The molecule has 6 nitrogen and oxygen atoms in total. The van der Waals surface area contributed by atoms with Crippen molar-refractivity contribution >= 4 is 29.7 Å². The lowest BCUT2D eigenvalue weighted by atomic mass is 10.4. The number of imide groups is 1. The van der Waals surface area contributed by atoms with E-state index in [4.69, 9.17) is 4.74 Å². The number of hydrogen-bond acceptors (Lipinski definition) is 6. The minimum absolute atomic E-state index is 0.156. The Balaban J connectivity index is 2.32. The van der Waals surface area contributed by atoms with Gasteiger partial charge >= 0.3 is 12.1 Å². The topological polar surface area (TPSA) is 81.7 Å². The van der Waals surface area contributed by atoms with Crippen LogP contribution in [0.25, 0.3) is 0 Å². The number of amides is 2. The first-order valence-corrected chi connectivity index (χ1v) is 7.25. The second-order valence-electron chi connectivity index (χ2n) is 3.95. The van der Waals surface area contributed by atoms with Gasteiger partial charge in [0.25, 0.3) is 5.91 Å². The molecule has 0 aliphatic heterocycles. The van der Waals surface area contributed by atoms with E-state index in [1.807, 2.05) is 35.6 Å². The smallest absolute Gasteiger partial charge is 0.413 e. The average Bonchev–Trinajstić information content (AvgIpc) is 2.46. The van der Waals surface area contributed by atoms with Crippen molar-refractivity contribution in [3.05, 3.63) is 30.3 Å². The van der Waals surface area contributed by atoms with Gasteiger partial charge in [-0.3, -0.25) is 14.9 Å². The molecule has 0 aliphatic carbocycles. The molecule has 0 unspecified atom stereocenters. The quantitative estimate of drug-likeness (QED) is 0.639. The molecule has 1 atom stereocenters. The van der Waals surface area contributed by atoms with Gasteiger partial charge in [0.05, 0.1) is 6.61 Å². The Morgan fingerprint density at radius 3 is 2.48 bits per heavy atom. The highest BCUT2D eigenvalue weighted by Gasteiger charge is 2.18. The van der Waals surface area contributed by atoms with Gasteiger partial charge in [-0.2, -0.15) is 0 Å². The van der Waals surface area contributed by atoms with Crippen LogP contribution in [0.2, 0.25) is 0 Å². The normalized spacial score (nSPS) is 11.3. The summed E-state index contributed by atoms with van der Waals surface area (Å²) in [6, 6.07) is 9.37. The van der Waals surface area contributed by atoms with Crippen molar-refractivity contribution in [1.82, 2.24) is 5.32 Å². The van der Waals surface area contributed by atoms with Crippen LogP contribution in [0.15, 0.2) is 35.2 Å². The predicted molar refractivity (Wildman–Crippen MR) is 77.9 cm³/mol. The van der Waals surface area contributed by atoms with Crippen LogP contribution in [-0.4, -0.2) is 36.4 Å². The summed E-state index contributed by atoms with van der Waals surface area (Å²) < 4.78 is 9.37. The SMILES string of the molecule is CCOC(=O)NC(=O)COC(=O)[C@H](C)Sc1ccccc1. The molecular weight excluding hydrogens is 294 g/mol. The number of thioether (sulfide) groups is 1. The number of ether oxygens (including phenoxy) is 2. The Hall–Kier alpha value is -2.02. The van der Waals surface area contributed by atoms with Gasteiger partial charge in [0, 0.05) is 4.90 Å². The summed E-state index contributed by atoms with van der Waals surface area (Å²) in [7, 11) is 0. The minimum Gasteiger partial charge on any atom is -0.455 e. The van der Waals surface area contributed by atoms with Gasteiger partial charge in [-0.1, -0.05) is 18.2 Å². The van der Waals surface area contributed by atoms with Crippen LogP contribution in [0.1, 0.15) is 13.8 Å². The molecule has 1 rings (SSSR count). The molecule has 0 heterocycles. The molecule has 0 fully saturated rings. The van der Waals surface area contributed by atoms with Crippen molar-refractivity contribution in [3.8, 4) is 0 Å². The zero-order chi connectivity index (χ0) is 15.7. The second kappa shape index (κ2) is 9.02. The Labute approximate surface area is 127 Å². The van der Waals surface area contributed by atoms with E-state index in [9.17, 15) is 14.4 Å². The van der Waals surface area contributed by atoms with Gasteiger partial charge in [0.15, 0.2) is 6.61 Å². The van der Waals surface area contributed by atoms with Crippen molar-refractivity contribution in [2.75, 3.05) is 13.2 Å². The molecule has 114 valence electrons. The van der Waals surface area contributed by atoms with E-state index in [1.165, 1.54) is 11.8 Å². The second-order valence-corrected chi connectivity index (χ2v) is 5.36. The van der Waals surface area contributed by atoms with Gasteiger partial charge in [0.1, 0.15) is 5.25 Å². The molecule has 1 aromatic carbocycles. The van der Waals surface area contributed by atoms with Crippen LogP contribution in [0.5, 0.6) is 0 Å². The lowest BCUT2D eigenvalue weighted by Gasteiger charge is -2.11. The average molecular weight is 311 g/mol. The largest absolute Gasteiger partial charge is 0.455 e. The number of alkyl carbamates (subject to hydrolysis) is 1. The fourth-order valence-electron chi connectivity index (χ4n) is 1.32. The summed E-state index contributed by atoms with van der Waals surface area (Å²) in [6.07, 6.45) is -0.856. The van der Waals surface area contributed by atoms with E-state index in [0.29, 0.717) is 0 Å². The molecule has 0 aromatic heterocycles. The van der Waals surface area contributed by atoms with E-state index in [0.717, 1.165) is 4.90 Å². The molecule has 7 heteroatoms. The lowest BCUT2D eigenvalue weighted by Crippen LogP contribution is -2.35. The van der Waals surface area contributed by atoms with Crippen molar-refractivity contribution in [3.63, 3.8) is 0 Å². The molecular formula is C14H17NO5S. The van der Waals surface area contributed by atoms with E-state index in [1.54, 1.807) is 13.8 Å². The molecule has 0 radical (unpaired) electrons. The third-order valence-electron chi connectivity index (χ3n) is 2.25. The van der Waals surface area contributed by atoms with Crippen molar-refractivity contribution in [1.29, 1.82) is 0 Å². The van der Waals surface area contributed by atoms with Gasteiger partial charge in [-0.25, -0.2) is 4.79 Å². The Bertz CT molecular complexity index is 491. The lowest BCUT2D eigenvalue weighted by molar-refractivity contribution is -0.147. The molecule has 0 saturated carbocycles. The van der Waals surface area contributed by atoms with Gasteiger partial charge in [-0.15, -0.1) is 11.8 Å². The number of benzene rings is 1. The number of esters is 1. The van der Waals surface area contributed by atoms with Crippen LogP contribution in [0.3, 0.4) is 0 Å². The summed E-state index contributed by atoms with van der Waals surface area (Å²) in [5.41, 5.74) is 0. The number of rotatable bonds is 6. The van der Waals surface area contributed by atoms with Crippen LogP contribution in [0, 0.1) is 0 Å². The predicted octanol–water partition coefficient (Wildman–Crippen LogP) is 1.98. The zero-order valence-corrected chi connectivity index (χ0v) is 12.6. The first kappa shape index (κ1) is 17.0. The summed E-state index contributed by atoms with van der Waals surface area (Å²) in [4.78, 5) is 34.9. The van der Waals surface area contributed by atoms with Crippen LogP contribution in [0.4, 0.5) is 4.79 Å². The van der Waals surface area contributed by atoms with Gasteiger partial charge in [-0.05, 0) is 26.0 Å². The summed E-state index contributed by atoms with van der Waals surface area (Å²) in [5.74, 6) is -1.25. The maximum Gasteiger partial charge on any atom is 0.413 e. The maximum absolute atomic E-state index is 11.7. The molecule has 0 bridgehead atoms. The highest BCUT2D eigenvalue weighted by molar-refractivity contribution is 8.00. The fourth-order valence-corrected chi connectivity index (χ4v) is 2.21. The first-order chi connectivity index (χ1) is 10.0. The third-order valence-corrected chi connectivity index (χ3v) is 3.34. The standard InChI is InChI=1S/C14H17NO5S/c1-3-19-14(18)15-12(16)9-20-13(17)10(2)21-11-7-5-4-6-8-11/h4-8,10H,3,9H2,1-2H3,(H,15,16,18)/t10-/m0/s1. The van der Waals surface area contributed by atoms with Gasteiger partial charge < -0.3 is 9.47 Å². The summed E-state index contributed by atoms with van der Waals surface area (Å²) >= 11 is 1.33. The highest BCUT2D eigenvalue weighted by atomic mass is 32.2. The summed E-state index contributed by atoms with van der Waals surface area (Å²) in [6.45, 7) is 2.94. The summed E-state index contributed by atoms with van der Waals surface area (Å²) in [5, 5.41) is 1.48. The van der Waals surface area contributed by atoms with E-state index < -0.39 is 29.8 Å². The third kappa shape index (κ3) is 6.80. The monoisotopic (exact) mass is 311 g/mol. The number of carbonyl (C=O) groups excluding carboxylic acids is 3. The first-order valence-electron chi connectivity index (χ1n) is 6.38. The Morgan fingerprint density at radius 1 is 1.19 bits per heavy atom. The minimum atomic E-state index is -0.856.